The zero-order valence-corrected chi connectivity index (χ0v) is 12.5. The third kappa shape index (κ3) is 3.76. The number of nitrogens with zero attached hydrogens (tertiary/aromatic N) is 1. The third-order valence-electron chi connectivity index (χ3n) is 4.35. The number of carbonyl (C=O) groups is 1. The molecule has 114 valence electrons. The summed E-state index contributed by atoms with van der Waals surface area (Å²) in [5, 5.41) is 3.03. The molecule has 4 nitrogen and oxygen atoms in total. The van der Waals surface area contributed by atoms with Gasteiger partial charge in [0.25, 0.3) is 0 Å². The van der Waals surface area contributed by atoms with E-state index in [1.807, 2.05) is 0 Å². The van der Waals surface area contributed by atoms with E-state index in [0.717, 1.165) is 39.0 Å². The van der Waals surface area contributed by atoms with E-state index in [1.165, 1.54) is 17.7 Å². The lowest BCUT2D eigenvalue weighted by Gasteiger charge is -2.31. The van der Waals surface area contributed by atoms with Gasteiger partial charge < -0.3 is 15.0 Å². The molecular formula is C17H24N2O2. The van der Waals surface area contributed by atoms with Crippen LogP contribution >= 0.6 is 0 Å². The molecule has 1 amide bonds. The molecule has 1 fully saturated rings. The number of fused-ring (bicyclic) bond motifs is 1. The molecule has 2 aliphatic heterocycles. The Kier molecular flexibility index (Phi) is 4.76. The van der Waals surface area contributed by atoms with E-state index in [0.29, 0.717) is 13.0 Å². The number of hydrogen-bond donors (Lipinski definition) is 1. The molecule has 3 rings (SSSR count). The predicted octanol–water partition coefficient (Wildman–Crippen LogP) is 2.12. The molecule has 1 aromatic rings. The largest absolute Gasteiger partial charge is 0.378 e. The third-order valence-corrected chi connectivity index (χ3v) is 4.35. The molecule has 0 spiro atoms. The van der Waals surface area contributed by atoms with Crippen molar-refractivity contribution in [2.24, 2.45) is 0 Å². The average Bonchev–Trinajstić information content (AvgIpc) is 3.00. The average molecular weight is 288 g/mol. The van der Waals surface area contributed by atoms with Crippen LogP contribution < -0.4 is 10.2 Å². The van der Waals surface area contributed by atoms with Crippen LogP contribution in [0.1, 0.15) is 31.2 Å². The summed E-state index contributed by atoms with van der Waals surface area (Å²) in [5.41, 5.74) is 2.76. The van der Waals surface area contributed by atoms with Crippen molar-refractivity contribution in [3.8, 4) is 0 Å². The molecule has 1 atom stereocenters. The first-order valence-corrected chi connectivity index (χ1v) is 8.04. The van der Waals surface area contributed by atoms with Crippen molar-refractivity contribution >= 4 is 11.6 Å². The second-order valence-electron chi connectivity index (χ2n) is 5.91. The molecule has 0 radical (unpaired) electrons. The first-order valence-electron chi connectivity index (χ1n) is 8.04. The summed E-state index contributed by atoms with van der Waals surface area (Å²) in [5.74, 6) is 0.118. The van der Waals surface area contributed by atoms with Crippen molar-refractivity contribution < 1.29 is 9.53 Å². The number of hydrogen-bond acceptors (Lipinski definition) is 3. The summed E-state index contributed by atoms with van der Waals surface area (Å²) in [4.78, 5) is 14.3. The number of anilines is 1. The zero-order valence-electron chi connectivity index (χ0n) is 12.5. The van der Waals surface area contributed by atoms with E-state index in [1.54, 1.807) is 0 Å². The SMILES string of the molecule is O=C(C[C@@H]1CCCO1)NCCN1CCCc2ccccc21. The Hall–Kier alpha value is -1.55. The minimum Gasteiger partial charge on any atom is -0.378 e. The highest BCUT2D eigenvalue weighted by Crippen LogP contribution is 2.26. The Morgan fingerprint density at radius 1 is 1.33 bits per heavy atom. The first kappa shape index (κ1) is 14.4. The summed E-state index contributed by atoms with van der Waals surface area (Å²) in [6, 6.07) is 8.58. The van der Waals surface area contributed by atoms with Gasteiger partial charge in [-0.15, -0.1) is 0 Å². The zero-order chi connectivity index (χ0) is 14.5. The van der Waals surface area contributed by atoms with Gasteiger partial charge >= 0.3 is 0 Å². The van der Waals surface area contributed by atoms with Gasteiger partial charge in [-0.2, -0.15) is 0 Å². The van der Waals surface area contributed by atoms with E-state index < -0.39 is 0 Å². The second-order valence-corrected chi connectivity index (χ2v) is 5.91. The molecule has 0 saturated carbocycles. The molecule has 1 aromatic carbocycles. The van der Waals surface area contributed by atoms with Crippen LogP contribution in [0.25, 0.3) is 0 Å². The van der Waals surface area contributed by atoms with Gasteiger partial charge in [0.2, 0.25) is 5.91 Å². The Balaban J connectivity index is 1.44. The van der Waals surface area contributed by atoms with Crippen LogP contribution in [0.15, 0.2) is 24.3 Å². The molecule has 2 heterocycles. The van der Waals surface area contributed by atoms with Gasteiger partial charge in [-0.3, -0.25) is 4.79 Å². The maximum Gasteiger partial charge on any atom is 0.222 e. The van der Waals surface area contributed by atoms with Gasteiger partial charge in [0, 0.05) is 31.9 Å². The molecule has 1 N–H and O–H groups in total. The van der Waals surface area contributed by atoms with Crippen LogP contribution in [-0.2, 0) is 16.0 Å². The summed E-state index contributed by atoms with van der Waals surface area (Å²) in [6.07, 6.45) is 5.12. The summed E-state index contributed by atoms with van der Waals surface area (Å²) >= 11 is 0. The van der Waals surface area contributed by atoms with Crippen LogP contribution in [0.5, 0.6) is 0 Å². The lowest BCUT2D eigenvalue weighted by atomic mass is 10.0. The van der Waals surface area contributed by atoms with Crippen LogP contribution in [0.4, 0.5) is 5.69 Å². The quantitative estimate of drug-likeness (QED) is 0.902. The number of carbonyl (C=O) groups excluding carboxylic acids is 1. The normalized spacial score (nSPS) is 21.1. The molecule has 0 unspecified atom stereocenters. The van der Waals surface area contributed by atoms with Crippen molar-refractivity contribution in [1.29, 1.82) is 0 Å². The number of nitrogens with one attached hydrogen (secondary N) is 1. The van der Waals surface area contributed by atoms with Gasteiger partial charge in [-0.25, -0.2) is 0 Å². The lowest BCUT2D eigenvalue weighted by molar-refractivity contribution is -0.123. The highest BCUT2D eigenvalue weighted by atomic mass is 16.5. The smallest absolute Gasteiger partial charge is 0.222 e. The van der Waals surface area contributed by atoms with E-state index in [4.69, 9.17) is 4.74 Å². The maximum absolute atomic E-state index is 11.9. The molecule has 4 heteroatoms. The lowest BCUT2D eigenvalue weighted by Crippen LogP contribution is -2.38. The van der Waals surface area contributed by atoms with Crippen LogP contribution in [0.3, 0.4) is 0 Å². The van der Waals surface area contributed by atoms with Gasteiger partial charge in [-0.1, -0.05) is 18.2 Å². The van der Waals surface area contributed by atoms with E-state index in [9.17, 15) is 4.79 Å². The Morgan fingerprint density at radius 2 is 2.24 bits per heavy atom. The van der Waals surface area contributed by atoms with E-state index in [2.05, 4.69) is 34.5 Å². The van der Waals surface area contributed by atoms with Gasteiger partial charge in [0.15, 0.2) is 0 Å². The molecule has 0 aliphatic carbocycles. The van der Waals surface area contributed by atoms with Crippen molar-refractivity contribution in [2.45, 2.75) is 38.2 Å². The van der Waals surface area contributed by atoms with Crippen molar-refractivity contribution in [1.82, 2.24) is 5.32 Å². The highest BCUT2D eigenvalue weighted by molar-refractivity contribution is 5.76. The van der Waals surface area contributed by atoms with Crippen LogP contribution in [0, 0.1) is 0 Å². The number of rotatable bonds is 5. The second kappa shape index (κ2) is 6.94. The Labute approximate surface area is 126 Å². The molecule has 0 bridgehead atoms. The number of amides is 1. The van der Waals surface area contributed by atoms with E-state index in [-0.39, 0.29) is 12.0 Å². The molecule has 21 heavy (non-hydrogen) atoms. The van der Waals surface area contributed by atoms with E-state index >= 15 is 0 Å². The van der Waals surface area contributed by atoms with Crippen molar-refractivity contribution in [2.75, 3.05) is 31.1 Å². The monoisotopic (exact) mass is 288 g/mol. The Bertz CT molecular complexity index is 483. The summed E-state index contributed by atoms with van der Waals surface area (Å²) < 4.78 is 5.50. The molecule has 0 aromatic heterocycles. The first-order chi connectivity index (χ1) is 10.3. The Morgan fingerprint density at radius 3 is 3.10 bits per heavy atom. The fourth-order valence-electron chi connectivity index (χ4n) is 3.26. The summed E-state index contributed by atoms with van der Waals surface area (Å²) in [7, 11) is 0. The predicted molar refractivity (Wildman–Crippen MR) is 83.6 cm³/mol. The number of ether oxygens (including phenoxy) is 1. The number of aryl methyl sites for hydroxylation is 1. The number of para-hydroxylation sites is 1. The van der Waals surface area contributed by atoms with Gasteiger partial charge in [0.05, 0.1) is 12.5 Å². The topological polar surface area (TPSA) is 41.6 Å². The van der Waals surface area contributed by atoms with Crippen molar-refractivity contribution in [3.05, 3.63) is 29.8 Å². The summed E-state index contributed by atoms with van der Waals surface area (Å²) in [6.45, 7) is 3.48. The van der Waals surface area contributed by atoms with Crippen LogP contribution in [-0.4, -0.2) is 38.3 Å². The standard InChI is InChI=1S/C17H24N2O2/c20-17(13-15-7-4-12-21-15)18-9-11-19-10-3-6-14-5-1-2-8-16(14)19/h1-2,5,8,15H,3-4,6-7,9-13H2,(H,18,20)/t15-/m0/s1. The maximum atomic E-state index is 11.9. The van der Waals surface area contributed by atoms with Crippen LogP contribution in [0.2, 0.25) is 0 Å². The fraction of sp³-hybridized carbons (Fsp3) is 0.588. The molecular weight excluding hydrogens is 264 g/mol. The number of benzene rings is 1. The fourth-order valence-corrected chi connectivity index (χ4v) is 3.26. The molecule has 1 saturated heterocycles. The minimum absolute atomic E-state index is 0.118. The highest BCUT2D eigenvalue weighted by Gasteiger charge is 2.19. The van der Waals surface area contributed by atoms with Crippen molar-refractivity contribution in [3.63, 3.8) is 0 Å². The molecule has 2 aliphatic rings. The van der Waals surface area contributed by atoms with Gasteiger partial charge in [-0.05, 0) is 37.3 Å². The minimum atomic E-state index is 0.118. The van der Waals surface area contributed by atoms with Gasteiger partial charge in [0.1, 0.15) is 0 Å².